The minimum Gasteiger partial charge on any atom is -0.394 e. The van der Waals surface area contributed by atoms with Gasteiger partial charge in [0, 0.05) is 5.69 Å². The molecule has 0 radical (unpaired) electrons. The third-order valence-corrected chi connectivity index (χ3v) is 3.30. The molecule has 19 heavy (non-hydrogen) atoms. The fourth-order valence-corrected chi connectivity index (χ4v) is 2.06. The molecule has 0 saturated carbocycles. The fourth-order valence-electron chi connectivity index (χ4n) is 2.06. The van der Waals surface area contributed by atoms with E-state index in [1.54, 1.807) is 0 Å². The van der Waals surface area contributed by atoms with Gasteiger partial charge in [-0.2, -0.15) is 0 Å². The molecular weight excluding hydrogens is 250 g/mol. The van der Waals surface area contributed by atoms with Crippen LogP contribution in [0.2, 0.25) is 0 Å². The summed E-state index contributed by atoms with van der Waals surface area (Å²) in [4.78, 5) is 0. The first-order chi connectivity index (χ1) is 8.96. The number of hydrogen-bond donors (Lipinski definition) is 5. The highest BCUT2D eigenvalue weighted by Crippen LogP contribution is 2.29. The molecule has 1 aromatic carbocycles. The van der Waals surface area contributed by atoms with E-state index in [4.69, 9.17) is 9.84 Å². The Morgan fingerprint density at radius 3 is 2.42 bits per heavy atom. The van der Waals surface area contributed by atoms with Crippen molar-refractivity contribution in [1.82, 2.24) is 0 Å². The van der Waals surface area contributed by atoms with Crippen molar-refractivity contribution in [2.45, 2.75) is 31.0 Å². The number of aryl methyl sites for hydroxylation is 1. The van der Waals surface area contributed by atoms with Gasteiger partial charge >= 0.3 is 0 Å². The minimum atomic E-state index is -1.92. The summed E-state index contributed by atoms with van der Waals surface area (Å²) >= 11 is 0. The van der Waals surface area contributed by atoms with Crippen LogP contribution in [0.3, 0.4) is 0 Å². The third kappa shape index (κ3) is 2.88. The first-order valence-electron chi connectivity index (χ1n) is 6.14. The van der Waals surface area contributed by atoms with Crippen molar-refractivity contribution in [2.75, 3.05) is 18.5 Å². The number of hydrogen-bond acceptors (Lipinski definition) is 6. The minimum absolute atomic E-state index is 0.0925. The molecule has 6 heteroatoms. The molecule has 0 spiro atoms. The summed E-state index contributed by atoms with van der Waals surface area (Å²) in [6.45, 7) is 1.40. The number of anilines is 1. The first kappa shape index (κ1) is 14.2. The van der Waals surface area contributed by atoms with Gasteiger partial charge in [-0.3, -0.25) is 0 Å². The summed E-state index contributed by atoms with van der Waals surface area (Å²) in [5, 5.41) is 41.4. The van der Waals surface area contributed by atoms with Crippen LogP contribution in [0, 0.1) is 6.92 Å². The van der Waals surface area contributed by atoms with Gasteiger partial charge in [0.2, 0.25) is 5.79 Å². The second kappa shape index (κ2) is 5.44. The molecule has 2 rings (SSSR count). The Morgan fingerprint density at radius 2 is 1.89 bits per heavy atom. The highest BCUT2D eigenvalue weighted by molar-refractivity contribution is 5.44. The lowest BCUT2D eigenvalue weighted by Crippen LogP contribution is -2.48. The molecule has 1 aromatic rings. The quantitative estimate of drug-likeness (QED) is 0.491. The van der Waals surface area contributed by atoms with Crippen molar-refractivity contribution >= 4 is 5.69 Å². The Hall–Kier alpha value is -1.18. The molecule has 1 aliphatic heterocycles. The van der Waals surface area contributed by atoms with E-state index in [1.165, 1.54) is 0 Å². The molecule has 1 aliphatic rings. The highest BCUT2D eigenvalue weighted by Gasteiger charge is 2.52. The van der Waals surface area contributed by atoms with E-state index >= 15 is 0 Å². The maximum absolute atomic E-state index is 10.1. The standard InChI is InChI=1S/C13H19NO5/c1-8-2-4-9(5-3-8)14-7-13(18)12(17)11(16)10(6-15)19-13/h2-5,10-12,14-18H,6-7H2,1H3/t10-,11-,12+,13?/m1/s1. The van der Waals surface area contributed by atoms with Crippen molar-refractivity contribution in [3.05, 3.63) is 29.8 Å². The zero-order valence-corrected chi connectivity index (χ0v) is 10.7. The number of aliphatic hydroxyl groups excluding tert-OH is 3. The molecule has 1 unspecified atom stereocenters. The summed E-state index contributed by atoms with van der Waals surface area (Å²) in [5.41, 5.74) is 1.87. The van der Waals surface area contributed by atoms with Crippen molar-refractivity contribution in [3.63, 3.8) is 0 Å². The lowest BCUT2D eigenvalue weighted by molar-refractivity contribution is -0.220. The maximum Gasteiger partial charge on any atom is 0.213 e. The third-order valence-electron chi connectivity index (χ3n) is 3.30. The van der Waals surface area contributed by atoms with Gasteiger partial charge < -0.3 is 30.5 Å². The van der Waals surface area contributed by atoms with Crippen molar-refractivity contribution < 1.29 is 25.2 Å². The van der Waals surface area contributed by atoms with E-state index in [2.05, 4.69) is 5.32 Å². The zero-order valence-electron chi connectivity index (χ0n) is 10.7. The molecule has 0 aliphatic carbocycles. The van der Waals surface area contributed by atoms with Crippen molar-refractivity contribution in [1.29, 1.82) is 0 Å². The molecule has 0 bridgehead atoms. The highest BCUT2D eigenvalue weighted by atomic mass is 16.7. The molecule has 6 nitrogen and oxygen atoms in total. The van der Waals surface area contributed by atoms with E-state index in [0.29, 0.717) is 0 Å². The van der Waals surface area contributed by atoms with Crippen LogP contribution in [0.15, 0.2) is 24.3 Å². The second-order valence-electron chi connectivity index (χ2n) is 4.84. The number of ether oxygens (including phenoxy) is 1. The van der Waals surface area contributed by atoms with Gasteiger partial charge in [-0.05, 0) is 19.1 Å². The lowest BCUT2D eigenvalue weighted by atomic mass is 10.1. The topological polar surface area (TPSA) is 102 Å². The van der Waals surface area contributed by atoms with E-state index in [-0.39, 0.29) is 6.54 Å². The normalized spacial score (nSPS) is 34.5. The lowest BCUT2D eigenvalue weighted by Gasteiger charge is -2.26. The van der Waals surface area contributed by atoms with Crippen LogP contribution in [0.5, 0.6) is 0 Å². The number of nitrogens with one attached hydrogen (secondary N) is 1. The summed E-state index contributed by atoms with van der Waals surface area (Å²) < 4.78 is 5.11. The van der Waals surface area contributed by atoms with Crippen LogP contribution in [-0.4, -0.2) is 57.7 Å². The Morgan fingerprint density at radius 1 is 1.26 bits per heavy atom. The average molecular weight is 269 g/mol. The Bertz CT molecular complexity index is 424. The molecule has 1 fully saturated rings. The second-order valence-corrected chi connectivity index (χ2v) is 4.84. The van der Waals surface area contributed by atoms with Crippen molar-refractivity contribution in [2.24, 2.45) is 0 Å². The van der Waals surface area contributed by atoms with Crippen LogP contribution in [0.1, 0.15) is 5.56 Å². The molecular formula is C13H19NO5. The van der Waals surface area contributed by atoms with Crippen LogP contribution in [-0.2, 0) is 4.74 Å². The molecule has 106 valence electrons. The van der Waals surface area contributed by atoms with Crippen LogP contribution in [0.4, 0.5) is 5.69 Å². The van der Waals surface area contributed by atoms with Gasteiger partial charge in [0.05, 0.1) is 13.2 Å². The van der Waals surface area contributed by atoms with Gasteiger partial charge in [-0.25, -0.2) is 0 Å². The summed E-state index contributed by atoms with van der Waals surface area (Å²) in [5.74, 6) is -1.92. The fraction of sp³-hybridized carbons (Fsp3) is 0.538. The largest absolute Gasteiger partial charge is 0.394 e. The maximum atomic E-state index is 10.1. The van der Waals surface area contributed by atoms with Gasteiger partial charge in [0.15, 0.2) is 0 Å². The smallest absolute Gasteiger partial charge is 0.213 e. The monoisotopic (exact) mass is 269 g/mol. The van der Waals surface area contributed by atoms with Gasteiger partial charge in [-0.15, -0.1) is 0 Å². The van der Waals surface area contributed by atoms with Gasteiger partial charge in [-0.1, -0.05) is 17.7 Å². The van der Waals surface area contributed by atoms with Crippen LogP contribution < -0.4 is 5.32 Å². The van der Waals surface area contributed by atoms with E-state index in [9.17, 15) is 15.3 Å². The molecule has 5 N–H and O–H groups in total. The number of aliphatic hydroxyl groups is 4. The molecule has 0 amide bonds. The van der Waals surface area contributed by atoms with E-state index in [0.717, 1.165) is 11.3 Å². The van der Waals surface area contributed by atoms with Gasteiger partial charge in [0.25, 0.3) is 0 Å². The molecule has 0 aromatic heterocycles. The van der Waals surface area contributed by atoms with Crippen LogP contribution >= 0.6 is 0 Å². The van der Waals surface area contributed by atoms with E-state index < -0.39 is 30.7 Å². The van der Waals surface area contributed by atoms with E-state index in [1.807, 2.05) is 31.2 Å². The SMILES string of the molecule is Cc1ccc(NCC2(O)O[C@H](CO)[C@@H](O)[C@@H]2O)cc1. The predicted molar refractivity (Wildman–Crippen MR) is 68.6 cm³/mol. The molecule has 1 heterocycles. The summed E-state index contributed by atoms with van der Waals surface area (Å²) in [7, 11) is 0. The molecule has 1 saturated heterocycles. The number of rotatable bonds is 4. The summed E-state index contributed by atoms with van der Waals surface area (Å²) in [6, 6.07) is 7.48. The predicted octanol–water partition coefficient (Wildman–Crippen LogP) is -0.792. The summed E-state index contributed by atoms with van der Waals surface area (Å²) in [6.07, 6.45) is -3.77. The first-order valence-corrected chi connectivity index (χ1v) is 6.14. The Kier molecular flexibility index (Phi) is 4.07. The Balaban J connectivity index is 2.00. The molecule has 4 atom stereocenters. The number of benzene rings is 1. The van der Waals surface area contributed by atoms with Crippen LogP contribution in [0.25, 0.3) is 0 Å². The van der Waals surface area contributed by atoms with Gasteiger partial charge in [0.1, 0.15) is 18.3 Å². The van der Waals surface area contributed by atoms with Crippen molar-refractivity contribution in [3.8, 4) is 0 Å². The average Bonchev–Trinajstić information content (AvgIpc) is 2.63. The Labute approximate surface area is 111 Å². The zero-order chi connectivity index (χ0) is 14.0.